The molecule has 1 saturated heterocycles. The van der Waals surface area contributed by atoms with Crippen LogP contribution in [0.3, 0.4) is 0 Å². The molecule has 2 heterocycles. The second-order valence-electron chi connectivity index (χ2n) is 3.66. The summed E-state index contributed by atoms with van der Waals surface area (Å²) in [5.41, 5.74) is 1.43. The molecule has 1 aromatic heterocycles. The Kier molecular flexibility index (Phi) is 2.56. The van der Waals surface area contributed by atoms with E-state index >= 15 is 0 Å². The van der Waals surface area contributed by atoms with Crippen molar-refractivity contribution in [3.8, 4) is 0 Å². The number of rotatable bonds is 1. The van der Waals surface area contributed by atoms with Gasteiger partial charge >= 0.3 is 0 Å². The molecule has 0 saturated carbocycles. The minimum atomic E-state index is 0.619. The quantitative estimate of drug-likeness (QED) is 0.737. The Morgan fingerprint density at radius 3 is 3.08 bits per heavy atom. The molecule has 2 rings (SSSR count). The van der Waals surface area contributed by atoms with Crippen LogP contribution in [0.25, 0.3) is 0 Å². The number of hydrogen-bond acceptors (Lipinski definition) is 3. The zero-order valence-electron chi connectivity index (χ0n) is 8.21. The molecule has 1 N–H and O–H groups in total. The zero-order valence-corrected chi connectivity index (χ0v) is 9.03. The smallest absolute Gasteiger partial charge is 0.0505 e. The molecular weight excluding hydrogens is 180 g/mol. The molecule has 0 amide bonds. The largest absolute Gasteiger partial charge is 0.368 e. The third-order valence-corrected chi connectivity index (χ3v) is 3.38. The summed E-state index contributed by atoms with van der Waals surface area (Å²) in [6.45, 7) is 7.83. The first-order valence-electron chi connectivity index (χ1n) is 4.80. The first-order chi connectivity index (χ1) is 6.27. The first-order valence-corrected chi connectivity index (χ1v) is 5.68. The van der Waals surface area contributed by atoms with Crippen LogP contribution in [-0.2, 0) is 0 Å². The molecule has 1 fully saturated rings. The van der Waals surface area contributed by atoms with Gasteiger partial charge in [0.15, 0.2) is 0 Å². The van der Waals surface area contributed by atoms with E-state index in [0.29, 0.717) is 6.04 Å². The van der Waals surface area contributed by atoms with Gasteiger partial charge in [-0.1, -0.05) is 0 Å². The normalized spacial score (nSPS) is 23.5. The summed E-state index contributed by atoms with van der Waals surface area (Å²) in [5.74, 6) is 0. The highest BCUT2D eigenvalue weighted by Crippen LogP contribution is 2.25. The van der Waals surface area contributed by atoms with Crippen LogP contribution in [0.1, 0.15) is 11.8 Å². The highest BCUT2D eigenvalue weighted by atomic mass is 32.1. The highest BCUT2D eigenvalue weighted by Gasteiger charge is 2.17. The number of hydrogen-bond donors (Lipinski definition) is 1. The summed E-state index contributed by atoms with van der Waals surface area (Å²) in [7, 11) is 0. The highest BCUT2D eigenvalue weighted by molar-refractivity contribution is 7.10. The molecule has 2 nitrogen and oxygen atoms in total. The Bertz CT molecular complexity index is 282. The fourth-order valence-corrected chi connectivity index (χ4v) is 2.58. The molecule has 3 heteroatoms. The van der Waals surface area contributed by atoms with Crippen molar-refractivity contribution in [2.75, 3.05) is 24.5 Å². The topological polar surface area (TPSA) is 15.3 Å². The van der Waals surface area contributed by atoms with Gasteiger partial charge in [0.25, 0.3) is 0 Å². The molecule has 0 aliphatic carbocycles. The van der Waals surface area contributed by atoms with Gasteiger partial charge in [-0.25, -0.2) is 0 Å². The van der Waals surface area contributed by atoms with E-state index in [1.165, 1.54) is 10.6 Å². The Labute approximate surface area is 83.6 Å². The molecule has 0 spiro atoms. The Hall–Kier alpha value is -0.540. The van der Waals surface area contributed by atoms with Crippen molar-refractivity contribution >= 4 is 17.0 Å². The Balaban J connectivity index is 2.12. The molecule has 72 valence electrons. The van der Waals surface area contributed by atoms with Crippen molar-refractivity contribution in [2.24, 2.45) is 0 Å². The van der Waals surface area contributed by atoms with Crippen LogP contribution in [0.4, 0.5) is 5.69 Å². The fourth-order valence-electron chi connectivity index (χ4n) is 1.86. The molecule has 0 bridgehead atoms. The molecule has 1 aliphatic heterocycles. The number of piperazine rings is 1. The molecule has 1 aliphatic rings. The summed E-state index contributed by atoms with van der Waals surface area (Å²) in [6, 6.07) is 2.85. The van der Waals surface area contributed by atoms with E-state index in [1.807, 2.05) is 11.3 Å². The Morgan fingerprint density at radius 2 is 2.46 bits per heavy atom. The molecule has 13 heavy (non-hydrogen) atoms. The predicted octanol–water partition coefficient (Wildman–Crippen LogP) is 1.85. The second-order valence-corrected chi connectivity index (χ2v) is 4.78. The van der Waals surface area contributed by atoms with Gasteiger partial charge in [0.2, 0.25) is 0 Å². The van der Waals surface area contributed by atoms with Crippen LogP contribution in [0.2, 0.25) is 0 Å². The second kappa shape index (κ2) is 3.68. The van der Waals surface area contributed by atoms with Crippen molar-refractivity contribution < 1.29 is 0 Å². The number of nitrogens with one attached hydrogen (secondary N) is 1. The SMILES string of the molecule is Cc1sccc1N1CCNC(C)C1. The average molecular weight is 196 g/mol. The van der Waals surface area contributed by atoms with E-state index in [2.05, 4.69) is 35.5 Å². The minimum Gasteiger partial charge on any atom is -0.368 e. The van der Waals surface area contributed by atoms with E-state index in [0.717, 1.165) is 19.6 Å². The van der Waals surface area contributed by atoms with Crippen LogP contribution in [-0.4, -0.2) is 25.7 Å². The first kappa shape index (κ1) is 9.03. The number of thiophene rings is 1. The molecule has 1 atom stereocenters. The lowest BCUT2D eigenvalue weighted by atomic mass is 10.2. The van der Waals surface area contributed by atoms with E-state index in [4.69, 9.17) is 0 Å². The zero-order chi connectivity index (χ0) is 9.26. The molecule has 1 aromatic rings. The summed E-state index contributed by atoms with van der Waals surface area (Å²) in [4.78, 5) is 3.92. The molecule has 0 aromatic carbocycles. The standard InChI is InChI=1S/C10H16N2S/c1-8-7-12(5-4-11-8)10-3-6-13-9(10)2/h3,6,8,11H,4-5,7H2,1-2H3. The molecular formula is C10H16N2S. The van der Waals surface area contributed by atoms with Crippen LogP contribution in [0.5, 0.6) is 0 Å². The third kappa shape index (κ3) is 1.86. The van der Waals surface area contributed by atoms with Crippen molar-refractivity contribution in [2.45, 2.75) is 19.9 Å². The van der Waals surface area contributed by atoms with Crippen molar-refractivity contribution in [3.63, 3.8) is 0 Å². The Morgan fingerprint density at radius 1 is 1.62 bits per heavy atom. The van der Waals surface area contributed by atoms with Gasteiger partial charge < -0.3 is 10.2 Å². The van der Waals surface area contributed by atoms with Crippen LogP contribution in [0.15, 0.2) is 11.4 Å². The number of nitrogens with zero attached hydrogens (tertiary/aromatic N) is 1. The van der Waals surface area contributed by atoms with Crippen LogP contribution in [0, 0.1) is 6.92 Å². The van der Waals surface area contributed by atoms with E-state index in [-0.39, 0.29) is 0 Å². The third-order valence-electron chi connectivity index (χ3n) is 2.54. The van der Waals surface area contributed by atoms with E-state index in [9.17, 15) is 0 Å². The average Bonchev–Trinajstić information content (AvgIpc) is 2.51. The lowest BCUT2D eigenvalue weighted by molar-refractivity contribution is 0.485. The predicted molar refractivity (Wildman–Crippen MR) is 58.7 cm³/mol. The van der Waals surface area contributed by atoms with Crippen molar-refractivity contribution in [3.05, 3.63) is 16.3 Å². The summed E-state index contributed by atoms with van der Waals surface area (Å²) < 4.78 is 0. The van der Waals surface area contributed by atoms with Gasteiger partial charge in [-0.05, 0) is 25.3 Å². The van der Waals surface area contributed by atoms with Gasteiger partial charge in [0.1, 0.15) is 0 Å². The van der Waals surface area contributed by atoms with Crippen LogP contribution < -0.4 is 10.2 Å². The number of anilines is 1. The van der Waals surface area contributed by atoms with E-state index in [1.54, 1.807) is 0 Å². The van der Waals surface area contributed by atoms with Crippen molar-refractivity contribution in [1.29, 1.82) is 0 Å². The van der Waals surface area contributed by atoms with Crippen LogP contribution >= 0.6 is 11.3 Å². The maximum atomic E-state index is 3.46. The van der Waals surface area contributed by atoms with Crippen molar-refractivity contribution in [1.82, 2.24) is 5.32 Å². The monoisotopic (exact) mass is 196 g/mol. The maximum Gasteiger partial charge on any atom is 0.0505 e. The van der Waals surface area contributed by atoms with Gasteiger partial charge in [-0.15, -0.1) is 11.3 Å². The lowest BCUT2D eigenvalue weighted by Gasteiger charge is -2.33. The van der Waals surface area contributed by atoms with Gasteiger partial charge in [-0.2, -0.15) is 0 Å². The number of aryl methyl sites for hydroxylation is 1. The fraction of sp³-hybridized carbons (Fsp3) is 0.600. The summed E-state index contributed by atoms with van der Waals surface area (Å²) in [5, 5.41) is 5.63. The maximum absolute atomic E-state index is 3.46. The minimum absolute atomic E-state index is 0.619. The molecule has 1 unspecified atom stereocenters. The lowest BCUT2D eigenvalue weighted by Crippen LogP contribution is -2.49. The van der Waals surface area contributed by atoms with Gasteiger partial charge in [0, 0.05) is 30.6 Å². The van der Waals surface area contributed by atoms with E-state index < -0.39 is 0 Å². The van der Waals surface area contributed by atoms with Gasteiger partial charge in [-0.3, -0.25) is 0 Å². The van der Waals surface area contributed by atoms with Gasteiger partial charge in [0.05, 0.1) is 5.69 Å². The molecule has 0 radical (unpaired) electrons. The summed E-state index contributed by atoms with van der Waals surface area (Å²) >= 11 is 1.84. The summed E-state index contributed by atoms with van der Waals surface area (Å²) in [6.07, 6.45) is 0.